The predicted octanol–water partition coefficient (Wildman–Crippen LogP) is 6.11. The number of thiophene rings is 1. The molecule has 0 radical (unpaired) electrons. The van der Waals surface area contributed by atoms with Crippen molar-refractivity contribution < 1.29 is 9.47 Å². The molecule has 1 atom stereocenters. The zero-order valence-corrected chi connectivity index (χ0v) is 19.9. The molecule has 0 spiro atoms. The van der Waals surface area contributed by atoms with Gasteiger partial charge in [0.1, 0.15) is 29.2 Å². The Balaban J connectivity index is 1.26. The van der Waals surface area contributed by atoms with Crippen molar-refractivity contribution in [2.45, 2.75) is 42.4 Å². The number of fused-ring (bicyclic) bond motifs is 4. The monoisotopic (exact) mass is 475 g/mol. The van der Waals surface area contributed by atoms with Gasteiger partial charge in [0.05, 0.1) is 17.7 Å². The van der Waals surface area contributed by atoms with Crippen LogP contribution in [0, 0.1) is 0 Å². The first kappa shape index (κ1) is 20.8. The molecule has 0 saturated heterocycles. The van der Waals surface area contributed by atoms with Gasteiger partial charge in [-0.1, -0.05) is 30.3 Å². The standard InChI is InChI=1S/C26H25N3O2S2/c1-2-8-18(9-3-1)32-16-23-28-25(24-19-10-4-7-13-22(19)33-26(24)29-23)27-14-17-15-30-20-11-5-6-12-21(20)31-17/h1-3,5-6,8-9,11-12,17H,4,7,10,13-16H2,(H,27,28,29). The van der Waals surface area contributed by atoms with Gasteiger partial charge >= 0.3 is 0 Å². The summed E-state index contributed by atoms with van der Waals surface area (Å²) in [6.45, 7) is 1.16. The fourth-order valence-electron chi connectivity index (χ4n) is 4.43. The Labute approximate surface area is 201 Å². The van der Waals surface area contributed by atoms with E-state index in [1.807, 2.05) is 41.7 Å². The van der Waals surface area contributed by atoms with E-state index in [0.29, 0.717) is 13.2 Å². The van der Waals surface area contributed by atoms with Crippen LogP contribution < -0.4 is 14.8 Å². The molecule has 2 aliphatic rings. The minimum atomic E-state index is -0.0680. The normalized spacial score (nSPS) is 17.0. The lowest BCUT2D eigenvalue weighted by Gasteiger charge is -2.26. The fraction of sp³-hybridized carbons (Fsp3) is 0.308. The summed E-state index contributed by atoms with van der Waals surface area (Å²) in [6.07, 6.45) is 4.70. The summed E-state index contributed by atoms with van der Waals surface area (Å²) < 4.78 is 12.1. The van der Waals surface area contributed by atoms with Gasteiger partial charge < -0.3 is 14.8 Å². The van der Waals surface area contributed by atoms with E-state index in [1.54, 1.807) is 11.8 Å². The number of aromatic nitrogens is 2. The average molecular weight is 476 g/mol. The average Bonchev–Trinajstić information content (AvgIpc) is 3.25. The van der Waals surface area contributed by atoms with Crippen LogP contribution in [-0.2, 0) is 18.6 Å². The van der Waals surface area contributed by atoms with Gasteiger partial charge in [-0.25, -0.2) is 9.97 Å². The summed E-state index contributed by atoms with van der Waals surface area (Å²) >= 11 is 3.62. The summed E-state index contributed by atoms with van der Waals surface area (Å²) in [5.41, 5.74) is 1.44. The Kier molecular flexibility index (Phi) is 5.82. The molecule has 3 heterocycles. The quantitative estimate of drug-likeness (QED) is 0.339. The first-order valence-corrected chi connectivity index (χ1v) is 13.2. The number of aryl methyl sites for hydroxylation is 2. The molecule has 33 heavy (non-hydrogen) atoms. The highest BCUT2D eigenvalue weighted by atomic mass is 32.2. The van der Waals surface area contributed by atoms with Gasteiger partial charge in [-0.05, 0) is 55.5 Å². The number of benzene rings is 2. The lowest BCUT2D eigenvalue weighted by Crippen LogP contribution is -2.35. The van der Waals surface area contributed by atoms with Crippen molar-refractivity contribution in [3.8, 4) is 11.5 Å². The number of nitrogens with one attached hydrogen (secondary N) is 1. The van der Waals surface area contributed by atoms with Crippen molar-refractivity contribution in [3.05, 3.63) is 70.9 Å². The molecule has 0 fully saturated rings. The molecule has 7 heteroatoms. The topological polar surface area (TPSA) is 56.3 Å². The Bertz CT molecular complexity index is 1280. The summed E-state index contributed by atoms with van der Waals surface area (Å²) in [6, 6.07) is 18.3. The zero-order valence-electron chi connectivity index (χ0n) is 18.3. The van der Waals surface area contributed by atoms with Gasteiger partial charge in [-0.15, -0.1) is 23.1 Å². The maximum absolute atomic E-state index is 6.16. The van der Waals surface area contributed by atoms with E-state index in [0.717, 1.165) is 46.6 Å². The molecule has 1 N–H and O–H groups in total. The number of anilines is 1. The first-order chi connectivity index (χ1) is 16.3. The lowest BCUT2D eigenvalue weighted by atomic mass is 9.97. The second-order valence-electron chi connectivity index (χ2n) is 8.36. The highest BCUT2D eigenvalue weighted by Crippen LogP contribution is 2.39. The number of hydrogen-bond donors (Lipinski definition) is 1. The van der Waals surface area contributed by atoms with Crippen LogP contribution in [0.5, 0.6) is 11.5 Å². The lowest BCUT2D eigenvalue weighted by molar-refractivity contribution is 0.0997. The fourth-order valence-corrected chi connectivity index (χ4v) is 6.49. The molecule has 0 amide bonds. The van der Waals surface area contributed by atoms with Crippen LogP contribution in [0.25, 0.3) is 10.2 Å². The van der Waals surface area contributed by atoms with Crippen molar-refractivity contribution in [1.82, 2.24) is 9.97 Å². The van der Waals surface area contributed by atoms with Crippen molar-refractivity contribution in [1.29, 1.82) is 0 Å². The van der Waals surface area contributed by atoms with Crippen LogP contribution in [0.3, 0.4) is 0 Å². The molecule has 6 rings (SSSR count). The highest BCUT2D eigenvalue weighted by Gasteiger charge is 2.24. The van der Waals surface area contributed by atoms with E-state index in [1.165, 1.54) is 33.6 Å². The van der Waals surface area contributed by atoms with Crippen molar-refractivity contribution in [3.63, 3.8) is 0 Å². The van der Waals surface area contributed by atoms with E-state index in [4.69, 9.17) is 19.4 Å². The van der Waals surface area contributed by atoms with Crippen LogP contribution in [0.4, 0.5) is 5.82 Å². The maximum atomic E-state index is 6.16. The molecule has 1 aliphatic heterocycles. The van der Waals surface area contributed by atoms with Gasteiger partial charge in [-0.3, -0.25) is 0 Å². The molecule has 2 aromatic heterocycles. The molecule has 0 saturated carbocycles. The third-order valence-electron chi connectivity index (χ3n) is 6.04. The van der Waals surface area contributed by atoms with E-state index in [2.05, 4.69) is 29.6 Å². The largest absolute Gasteiger partial charge is 0.486 e. The molecule has 1 unspecified atom stereocenters. The molecular formula is C26H25N3O2S2. The van der Waals surface area contributed by atoms with Gasteiger partial charge in [0, 0.05) is 9.77 Å². The van der Waals surface area contributed by atoms with Gasteiger partial charge in [-0.2, -0.15) is 0 Å². The smallest absolute Gasteiger partial charge is 0.161 e. The minimum Gasteiger partial charge on any atom is -0.486 e. The second kappa shape index (κ2) is 9.23. The van der Waals surface area contributed by atoms with Crippen LogP contribution in [0.15, 0.2) is 59.5 Å². The molecule has 1 aliphatic carbocycles. The van der Waals surface area contributed by atoms with E-state index in [-0.39, 0.29) is 6.10 Å². The number of rotatable bonds is 6. The van der Waals surface area contributed by atoms with Crippen LogP contribution >= 0.6 is 23.1 Å². The van der Waals surface area contributed by atoms with Crippen LogP contribution in [0.2, 0.25) is 0 Å². The highest BCUT2D eigenvalue weighted by molar-refractivity contribution is 7.98. The van der Waals surface area contributed by atoms with Gasteiger partial charge in [0.25, 0.3) is 0 Å². The predicted molar refractivity (Wildman–Crippen MR) is 135 cm³/mol. The van der Waals surface area contributed by atoms with Crippen molar-refractivity contribution >= 4 is 39.1 Å². The van der Waals surface area contributed by atoms with Gasteiger partial charge in [0.15, 0.2) is 11.5 Å². The Morgan fingerprint density at radius 2 is 1.79 bits per heavy atom. The van der Waals surface area contributed by atoms with Crippen LogP contribution in [-0.4, -0.2) is 29.2 Å². The number of nitrogens with zero attached hydrogens (tertiary/aromatic N) is 2. The zero-order chi connectivity index (χ0) is 22.0. The number of thioether (sulfide) groups is 1. The van der Waals surface area contributed by atoms with Gasteiger partial charge in [0.2, 0.25) is 0 Å². The minimum absolute atomic E-state index is 0.0680. The molecule has 4 aromatic rings. The Morgan fingerprint density at radius 1 is 0.970 bits per heavy atom. The van der Waals surface area contributed by atoms with Crippen LogP contribution in [0.1, 0.15) is 29.1 Å². The molecule has 0 bridgehead atoms. The summed E-state index contributed by atoms with van der Waals surface area (Å²) in [4.78, 5) is 13.8. The molecular weight excluding hydrogens is 450 g/mol. The Hall–Kier alpha value is -2.77. The maximum Gasteiger partial charge on any atom is 0.161 e. The second-order valence-corrected chi connectivity index (χ2v) is 10.5. The van der Waals surface area contributed by atoms with E-state index in [9.17, 15) is 0 Å². The molecule has 168 valence electrons. The SMILES string of the molecule is c1ccc(SCc2nc(NCC3COc4ccccc4O3)c3c4c(sc3n2)CCCC4)cc1. The van der Waals surface area contributed by atoms with E-state index >= 15 is 0 Å². The number of para-hydroxylation sites is 2. The van der Waals surface area contributed by atoms with E-state index < -0.39 is 0 Å². The number of ether oxygens (including phenoxy) is 2. The summed E-state index contributed by atoms with van der Waals surface area (Å²) in [5, 5.41) is 4.81. The summed E-state index contributed by atoms with van der Waals surface area (Å²) in [7, 11) is 0. The first-order valence-electron chi connectivity index (χ1n) is 11.4. The Morgan fingerprint density at radius 3 is 2.70 bits per heavy atom. The molecule has 2 aromatic carbocycles. The van der Waals surface area contributed by atoms with Crippen molar-refractivity contribution in [2.75, 3.05) is 18.5 Å². The summed E-state index contributed by atoms with van der Waals surface area (Å²) in [5.74, 6) is 4.16. The molecule has 5 nitrogen and oxygen atoms in total. The van der Waals surface area contributed by atoms with Crippen molar-refractivity contribution in [2.24, 2.45) is 0 Å². The number of hydrogen-bond acceptors (Lipinski definition) is 7. The third-order valence-corrected chi connectivity index (χ3v) is 8.23. The third kappa shape index (κ3) is 4.39.